The minimum Gasteiger partial charge on any atom is -0.383 e. The number of nitrogens with zero attached hydrogens (tertiary/aromatic N) is 3. The Hall–Kier alpha value is -2.77. The summed E-state index contributed by atoms with van der Waals surface area (Å²) in [4.78, 5) is 0. The van der Waals surface area contributed by atoms with Crippen LogP contribution in [0.5, 0.6) is 0 Å². The summed E-state index contributed by atoms with van der Waals surface area (Å²) in [5, 5.41) is 14.7. The van der Waals surface area contributed by atoms with Gasteiger partial charge >= 0.3 is 0 Å². The van der Waals surface area contributed by atoms with Gasteiger partial charge in [-0.05, 0) is 24.1 Å². The second kappa shape index (κ2) is 6.77. The number of hydrogen-bond donors (Lipinski definition) is 1. The molecule has 1 heterocycles. The molecule has 3 aromatic rings. The van der Waals surface area contributed by atoms with Crippen LogP contribution in [0, 0.1) is 18.3 Å². The summed E-state index contributed by atoms with van der Waals surface area (Å²) >= 11 is 6.21. The van der Waals surface area contributed by atoms with Crippen LogP contribution in [0.15, 0.2) is 48.5 Å². The summed E-state index contributed by atoms with van der Waals surface area (Å²) in [6.45, 7) is 2.48. The SMILES string of the molecule is Cc1cccc(Cc2nn(Cc3ccccc3Cl)c(N)c2C#N)c1. The van der Waals surface area contributed by atoms with Crippen molar-refractivity contribution in [3.05, 3.63) is 81.5 Å². The lowest BCUT2D eigenvalue weighted by atomic mass is 10.1. The molecule has 0 bridgehead atoms. The van der Waals surface area contributed by atoms with E-state index in [4.69, 9.17) is 17.3 Å². The maximum absolute atomic E-state index is 9.46. The van der Waals surface area contributed by atoms with Crippen molar-refractivity contribution < 1.29 is 0 Å². The quantitative estimate of drug-likeness (QED) is 0.784. The van der Waals surface area contributed by atoms with E-state index in [1.807, 2.05) is 49.4 Å². The van der Waals surface area contributed by atoms with Gasteiger partial charge in [-0.25, -0.2) is 4.68 Å². The third-order valence-electron chi connectivity index (χ3n) is 3.91. The maximum Gasteiger partial charge on any atom is 0.140 e. The highest BCUT2D eigenvalue weighted by Crippen LogP contribution is 2.23. The van der Waals surface area contributed by atoms with E-state index < -0.39 is 0 Å². The molecular formula is C19H17ClN4. The fraction of sp³-hybridized carbons (Fsp3) is 0.158. The van der Waals surface area contributed by atoms with Gasteiger partial charge in [0.1, 0.15) is 17.5 Å². The van der Waals surface area contributed by atoms with Crippen molar-refractivity contribution in [3.63, 3.8) is 0 Å². The summed E-state index contributed by atoms with van der Waals surface area (Å²) in [7, 11) is 0. The summed E-state index contributed by atoms with van der Waals surface area (Å²) in [5.41, 5.74) is 10.5. The van der Waals surface area contributed by atoms with Gasteiger partial charge in [-0.1, -0.05) is 59.6 Å². The third-order valence-corrected chi connectivity index (χ3v) is 4.28. The molecule has 0 fully saturated rings. The first-order chi connectivity index (χ1) is 11.6. The van der Waals surface area contributed by atoms with Gasteiger partial charge in [0.25, 0.3) is 0 Å². The van der Waals surface area contributed by atoms with E-state index in [2.05, 4.69) is 17.2 Å². The van der Waals surface area contributed by atoms with Crippen LogP contribution in [-0.2, 0) is 13.0 Å². The molecule has 0 radical (unpaired) electrons. The number of nitrogen functional groups attached to an aromatic ring is 1. The van der Waals surface area contributed by atoms with E-state index in [0.29, 0.717) is 35.1 Å². The first-order valence-electron chi connectivity index (χ1n) is 7.62. The monoisotopic (exact) mass is 336 g/mol. The Morgan fingerprint density at radius 1 is 1.21 bits per heavy atom. The van der Waals surface area contributed by atoms with E-state index in [1.165, 1.54) is 5.56 Å². The molecule has 0 amide bonds. The Balaban J connectivity index is 1.94. The Morgan fingerprint density at radius 3 is 2.71 bits per heavy atom. The molecule has 24 heavy (non-hydrogen) atoms. The fourth-order valence-corrected chi connectivity index (χ4v) is 2.89. The summed E-state index contributed by atoms with van der Waals surface area (Å²) in [6, 6.07) is 17.9. The van der Waals surface area contributed by atoms with Gasteiger partial charge in [-0.15, -0.1) is 0 Å². The molecule has 0 aliphatic carbocycles. The Kier molecular flexibility index (Phi) is 4.54. The number of nitriles is 1. The van der Waals surface area contributed by atoms with Crippen molar-refractivity contribution in [1.82, 2.24) is 9.78 Å². The Bertz CT molecular complexity index is 921. The van der Waals surface area contributed by atoms with E-state index in [0.717, 1.165) is 11.1 Å². The number of aromatic nitrogens is 2. The number of nitrogens with two attached hydrogens (primary N) is 1. The summed E-state index contributed by atoms with van der Waals surface area (Å²) in [6.07, 6.45) is 0.574. The predicted octanol–water partition coefficient (Wildman–Crippen LogP) is 3.94. The first-order valence-corrected chi connectivity index (χ1v) is 8.00. The molecule has 0 unspecified atom stereocenters. The van der Waals surface area contributed by atoms with Gasteiger partial charge in [-0.2, -0.15) is 10.4 Å². The van der Waals surface area contributed by atoms with Crippen molar-refractivity contribution in [1.29, 1.82) is 5.26 Å². The first kappa shape index (κ1) is 16.1. The van der Waals surface area contributed by atoms with Crippen molar-refractivity contribution in [2.24, 2.45) is 0 Å². The number of anilines is 1. The van der Waals surface area contributed by atoms with Crippen LogP contribution in [-0.4, -0.2) is 9.78 Å². The molecule has 5 heteroatoms. The molecule has 2 aromatic carbocycles. The van der Waals surface area contributed by atoms with Crippen molar-refractivity contribution in [2.75, 3.05) is 5.73 Å². The van der Waals surface area contributed by atoms with Gasteiger partial charge in [0, 0.05) is 11.4 Å². The predicted molar refractivity (Wildman–Crippen MR) is 95.9 cm³/mol. The summed E-state index contributed by atoms with van der Waals surface area (Å²) < 4.78 is 1.64. The van der Waals surface area contributed by atoms with Gasteiger partial charge in [0.05, 0.1) is 12.2 Å². The van der Waals surface area contributed by atoms with Crippen molar-refractivity contribution >= 4 is 17.4 Å². The number of benzene rings is 2. The highest BCUT2D eigenvalue weighted by Gasteiger charge is 2.16. The number of rotatable bonds is 4. The van der Waals surface area contributed by atoms with Gasteiger partial charge in [0.2, 0.25) is 0 Å². The maximum atomic E-state index is 9.46. The molecule has 1 aromatic heterocycles. The lowest BCUT2D eigenvalue weighted by Crippen LogP contribution is -2.07. The standard InChI is InChI=1S/C19H17ClN4/c1-13-5-4-6-14(9-13)10-18-16(11-21)19(22)24(23-18)12-15-7-2-3-8-17(15)20/h2-9H,10,12,22H2,1H3. The minimum absolute atomic E-state index is 0.375. The molecule has 2 N–H and O–H groups in total. The molecule has 4 nitrogen and oxygen atoms in total. The molecule has 0 aliphatic rings. The van der Waals surface area contributed by atoms with Gasteiger partial charge < -0.3 is 5.73 Å². The molecule has 0 saturated carbocycles. The van der Waals surface area contributed by atoms with E-state index in [-0.39, 0.29) is 0 Å². The van der Waals surface area contributed by atoms with Crippen LogP contribution in [0.25, 0.3) is 0 Å². The number of aryl methyl sites for hydroxylation is 1. The molecule has 0 atom stereocenters. The normalized spacial score (nSPS) is 10.5. The zero-order valence-electron chi connectivity index (χ0n) is 13.3. The smallest absolute Gasteiger partial charge is 0.140 e. The van der Waals surface area contributed by atoms with Crippen molar-refractivity contribution in [3.8, 4) is 6.07 Å². The fourth-order valence-electron chi connectivity index (χ4n) is 2.70. The Labute approximate surface area is 146 Å². The minimum atomic E-state index is 0.375. The van der Waals surface area contributed by atoms with Crippen LogP contribution in [0.1, 0.15) is 27.9 Å². The molecule has 120 valence electrons. The topological polar surface area (TPSA) is 67.6 Å². The van der Waals surface area contributed by atoms with Gasteiger partial charge in [0.15, 0.2) is 0 Å². The largest absolute Gasteiger partial charge is 0.383 e. The number of halogens is 1. The highest BCUT2D eigenvalue weighted by atomic mass is 35.5. The van der Waals surface area contributed by atoms with E-state index in [9.17, 15) is 5.26 Å². The zero-order chi connectivity index (χ0) is 17.1. The second-order valence-corrected chi connectivity index (χ2v) is 6.14. The van der Waals surface area contributed by atoms with Gasteiger partial charge in [-0.3, -0.25) is 0 Å². The van der Waals surface area contributed by atoms with Crippen molar-refractivity contribution in [2.45, 2.75) is 19.9 Å². The molecule has 0 aliphatic heterocycles. The van der Waals surface area contributed by atoms with Crippen LogP contribution in [0.2, 0.25) is 5.02 Å². The molecular weight excluding hydrogens is 320 g/mol. The average molecular weight is 337 g/mol. The highest BCUT2D eigenvalue weighted by molar-refractivity contribution is 6.31. The average Bonchev–Trinajstić information content (AvgIpc) is 2.84. The third kappa shape index (κ3) is 3.27. The van der Waals surface area contributed by atoms with Crippen LogP contribution >= 0.6 is 11.6 Å². The Morgan fingerprint density at radius 2 is 2.00 bits per heavy atom. The summed E-state index contributed by atoms with van der Waals surface area (Å²) in [5.74, 6) is 0.375. The molecule has 3 rings (SSSR count). The second-order valence-electron chi connectivity index (χ2n) is 5.73. The molecule has 0 saturated heterocycles. The lowest BCUT2D eigenvalue weighted by Gasteiger charge is -2.06. The van der Waals surface area contributed by atoms with E-state index in [1.54, 1.807) is 4.68 Å². The number of hydrogen-bond acceptors (Lipinski definition) is 3. The molecule has 0 spiro atoms. The van der Waals surface area contributed by atoms with Crippen LogP contribution < -0.4 is 5.73 Å². The van der Waals surface area contributed by atoms with Crippen LogP contribution in [0.3, 0.4) is 0 Å². The lowest BCUT2D eigenvalue weighted by molar-refractivity contribution is 0.685. The van der Waals surface area contributed by atoms with Crippen LogP contribution in [0.4, 0.5) is 5.82 Å². The zero-order valence-corrected chi connectivity index (χ0v) is 14.1. The van der Waals surface area contributed by atoms with E-state index >= 15 is 0 Å².